The van der Waals surface area contributed by atoms with Gasteiger partial charge in [-0.1, -0.05) is 6.92 Å². The Morgan fingerprint density at radius 1 is 1.38 bits per heavy atom. The second kappa shape index (κ2) is 6.86. The first kappa shape index (κ1) is 13.5. The molecule has 1 aliphatic heterocycles. The fourth-order valence-electron chi connectivity index (χ4n) is 2.05. The molecule has 1 fully saturated rings. The van der Waals surface area contributed by atoms with Crippen molar-refractivity contribution in [3.8, 4) is 0 Å². The van der Waals surface area contributed by atoms with Crippen LogP contribution in [0.25, 0.3) is 0 Å². The molecular formula is C12H25N3O. The molecule has 94 valence electrons. The molecule has 1 N–H and O–H groups in total. The van der Waals surface area contributed by atoms with Crippen LogP contribution in [0, 0.1) is 0 Å². The summed E-state index contributed by atoms with van der Waals surface area (Å²) in [6.45, 7) is 5.63. The van der Waals surface area contributed by atoms with Crippen LogP contribution in [-0.2, 0) is 4.79 Å². The first-order chi connectivity index (χ1) is 7.63. The predicted molar refractivity (Wildman–Crippen MR) is 66.4 cm³/mol. The monoisotopic (exact) mass is 227 g/mol. The van der Waals surface area contributed by atoms with E-state index in [0.717, 1.165) is 32.5 Å². The minimum Gasteiger partial charge on any atom is -0.341 e. The van der Waals surface area contributed by atoms with Gasteiger partial charge in [0.05, 0.1) is 6.54 Å². The van der Waals surface area contributed by atoms with Gasteiger partial charge in [0.15, 0.2) is 0 Å². The number of piperidine rings is 1. The summed E-state index contributed by atoms with van der Waals surface area (Å²) in [5, 5.41) is 3.52. The lowest BCUT2D eigenvalue weighted by Gasteiger charge is -2.33. The molecule has 1 saturated heterocycles. The number of likely N-dealkylation sites (N-methyl/N-ethyl adjacent to an activating group) is 1. The van der Waals surface area contributed by atoms with Gasteiger partial charge in [-0.25, -0.2) is 0 Å². The van der Waals surface area contributed by atoms with Gasteiger partial charge in [0, 0.05) is 19.1 Å². The molecule has 0 atom stereocenters. The first-order valence-electron chi connectivity index (χ1n) is 6.29. The molecule has 0 bridgehead atoms. The summed E-state index contributed by atoms with van der Waals surface area (Å²) in [4.78, 5) is 15.7. The standard InChI is InChI=1S/C12H25N3O/c1-4-7-13-11-5-8-15(9-6-11)12(16)10-14(2)3/h11,13H,4-10H2,1-3H3. The Kier molecular flexibility index (Phi) is 5.77. The van der Waals surface area contributed by atoms with Crippen molar-refractivity contribution >= 4 is 5.91 Å². The molecule has 0 spiro atoms. The molecule has 0 unspecified atom stereocenters. The number of hydrogen-bond acceptors (Lipinski definition) is 3. The molecule has 16 heavy (non-hydrogen) atoms. The van der Waals surface area contributed by atoms with Gasteiger partial charge < -0.3 is 15.1 Å². The number of rotatable bonds is 5. The van der Waals surface area contributed by atoms with Gasteiger partial charge in [0.1, 0.15) is 0 Å². The lowest BCUT2D eigenvalue weighted by Crippen LogP contribution is -2.47. The Hall–Kier alpha value is -0.610. The molecule has 1 aliphatic rings. The SMILES string of the molecule is CCCNC1CCN(C(=O)CN(C)C)CC1. The molecule has 1 amide bonds. The lowest BCUT2D eigenvalue weighted by atomic mass is 10.0. The maximum absolute atomic E-state index is 11.8. The Labute approximate surface area is 99.0 Å². The van der Waals surface area contributed by atoms with Crippen molar-refractivity contribution in [1.29, 1.82) is 0 Å². The smallest absolute Gasteiger partial charge is 0.236 e. The molecule has 0 radical (unpaired) electrons. The van der Waals surface area contributed by atoms with E-state index in [-0.39, 0.29) is 5.91 Å². The van der Waals surface area contributed by atoms with E-state index in [2.05, 4.69) is 12.2 Å². The van der Waals surface area contributed by atoms with Crippen LogP contribution in [0.2, 0.25) is 0 Å². The molecule has 0 aromatic rings. The second-order valence-corrected chi connectivity index (χ2v) is 4.85. The van der Waals surface area contributed by atoms with E-state index < -0.39 is 0 Å². The van der Waals surface area contributed by atoms with Crippen LogP contribution in [0.15, 0.2) is 0 Å². The molecule has 0 aromatic carbocycles. The van der Waals surface area contributed by atoms with Gasteiger partial charge in [-0.15, -0.1) is 0 Å². The van der Waals surface area contributed by atoms with Gasteiger partial charge in [-0.3, -0.25) is 4.79 Å². The van der Waals surface area contributed by atoms with E-state index in [9.17, 15) is 4.79 Å². The number of nitrogens with one attached hydrogen (secondary N) is 1. The van der Waals surface area contributed by atoms with Crippen LogP contribution in [0.5, 0.6) is 0 Å². The van der Waals surface area contributed by atoms with Crippen molar-refractivity contribution in [2.24, 2.45) is 0 Å². The van der Waals surface area contributed by atoms with Crippen molar-refractivity contribution in [2.75, 3.05) is 40.3 Å². The van der Waals surface area contributed by atoms with Gasteiger partial charge in [0.2, 0.25) is 5.91 Å². The highest BCUT2D eigenvalue weighted by Gasteiger charge is 2.22. The highest BCUT2D eigenvalue weighted by molar-refractivity contribution is 5.78. The zero-order chi connectivity index (χ0) is 12.0. The van der Waals surface area contributed by atoms with E-state index in [1.54, 1.807) is 0 Å². The minimum absolute atomic E-state index is 0.263. The molecule has 0 aromatic heterocycles. The van der Waals surface area contributed by atoms with Crippen molar-refractivity contribution in [1.82, 2.24) is 15.1 Å². The Morgan fingerprint density at radius 3 is 2.50 bits per heavy atom. The van der Waals surface area contributed by atoms with Crippen LogP contribution in [0.3, 0.4) is 0 Å². The number of hydrogen-bond donors (Lipinski definition) is 1. The summed E-state index contributed by atoms with van der Waals surface area (Å²) in [5.41, 5.74) is 0. The van der Waals surface area contributed by atoms with Crippen LogP contribution < -0.4 is 5.32 Å². The Morgan fingerprint density at radius 2 is 2.00 bits per heavy atom. The maximum Gasteiger partial charge on any atom is 0.236 e. The van der Waals surface area contributed by atoms with Crippen molar-refractivity contribution in [2.45, 2.75) is 32.2 Å². The van der Waals surface area contributed by atoms with E-state index in [1.165, 1.54) is 6.42 Å². The third kappa shape index (κ3) is 4.49. The predicted octanol–water partition coefficient (Wildman–Crippen LogP) is 0.539. The van der Waals surface area contributed by atoms with Crippen LogP contribution >= 0.6 is 0 Å². The lowest BCUT2D eigenvalue weighted by molar-refractivity contribution is -0.132. The fourth-order valence-corrected chi connectivity index (χ4v) is 2.05. The van der Waals surface area contributed by atoms with E-state index in [1.807, 2.05) is 23.9 Å². The number of nitrogens with zero attached hydrogens (tertiary/aromatic N) is 2. The third-order valence-corrected chi connectivity index (χ3v) is 2.98. The van der Waals surface area contributed by atoms with Crippen LogP contribution in [0.1, 0.15) is 26.2 Å². The molecule has 0 saturated carbocycles. The normalized spacial score (nSPS) is 18.1. The van der Waals surface area contributed by atoms with Gasteiger partial charge in [-0.05, 0) is 39.9 Å². The highest BCUT2D eigenvalue weighted by Crippen LogP contribution is 2.10. The van der Waals surface area contributed by atoms with E-state index in [0.29, 0.717) is 12.6 Å². The van der Waals surface area contributed by atoms with Crippen LogP contribution in [-0.4, -0.2) is 62.0 Å². The summed E-state index contributed by atoms with van der Waals surface area (Å²) < 4.78 is 0. The van der Waals surface area contributed by atoms with Crippen LogP contribution in [0.4, 0.5) is 0 Å². The maximum atomic E-state index is 11.8. The third-order valence-electron chi connectivity index (χ3n) is 2.98. The number of likely N-dealkylation sites (tertiary alicyclic amines) is 1. The van der Waals surface area contributed by atoms with Gasteiger partial charge in [-0.2, -0.15) is 0 Å². The fraction of sp³-hybridized carbons (Fsp3) is 0.917. The molecule has 1 heterocycles. The second-order valence-electron chi connectivity index (χ2n) is 4.85. The summed E-state index contributed by atoms with van der Waals surface area (Å²) in [7, 11) is 3.88. The molecule has 1 rings (SSSR count). The topological polar surface area (TPSA) is 35.6 Å². The Bertz CT molecular complexity index is 210. The average Bonchev–Trinajstić information content (AvgIpc) is 2.26. The largest absolute Gasteiger partial charge is 0.341 e. The van der Waals surface area contributed by atoms with Gasteiger partial charge >= 0.3 is 0 Å². The summed E-state index contributed by atoms with van der Waals surface area (Å²) >= 11 is 0. The van der Waals surface area contributed by atoms with Crippen molar-refractivity contribution in [3.63, 3.8) is 0 Å². The Balaban J connectivity index is 2.23. The summed E-state index contributed by atoms with van der Waals surface area (Å²) in [6.07, 6.45) is 3.37. The van der Waals surface area contributed by atoms with E-state index >= 15 is 0 Å². The zero-order valence-corrected chi connectivity index (χ0v) is 10.8. The molecule has 0 aliphatic carbocycles. The van der Waals surface area contributed by atoms with Crippen molar-refractivity contribution < 1.29 is 4.79 Å². The quantitative estimate of drug-likeness (QED) is 0.744. The number of carbonyl (C=O) groups is 1. The number of carbonyl (C=O) groups excluding carboxylic acids is 1. The van der Waals surface area contributed by atoms with E-state index in [4.69, 9.17) is 0 Å². The molecular weight excluding hydrogens is 202 g/mol. The minimum atomic E-state index is 0.263. The van der Waals surface area contributed by atoms with Crippen molar-refractivity contribution in [3.05, 3.63) is 0 Å². The molecule has 4 heteroatoms. The number of amides is 1. The average molecular weight is 227 g/mol. The summed E-state index contributed by atoms with van der Waals surface area (Å²) in [5.74, 6) is 0.263. The summed E-state index contributed by atoms with van der Waals surface area (Å²) in [6, 6.07) is 0.614. The zero-order valence-electron chi connectivity index (χ0n) is 10.8. The highest BCUT2D eigenvalue weighted by atomic mass is 16.2. The first-order valence-corrected chi connectivity index (χ1v) is 6.29. The molecule has 4 nitrogen and oxygen atoms in total. The van der Waals surface area contributed by atoms with Gasteiger partial charge in [0.25, 0.3) is 0 Å².